The van der Waals surface area contributed by atoms with E-state index in [0.717, 1.165) is 0 Å². The molecule has 12 heteroatoms. The fraction of sp³-hybridized carbons (Fsp3) is 0.917. The minimum Gasteiger partial charge on any atom is -0.373 e. The lowest BCUT2D eigenvalue weighted by molar-refractivity contribution is -0.388. The van der Waals surface area contributed by atoms with Gasteiger partial charge in [-0.25, -0.2) is 0 Å². The summed E-state index contributed by atoms with van der Waals surface area (Å²) in [6.07, 6.45) is -22.7. The minimum absolute atomic E-state index is 0.930. The van der Waals surface area contributed by atoms with Crippen molar-refractivity contribution in [2.45, 2.75) is 56.2 Å². The molecule has 1 aliphatic carbocycles. The Labute approximate surface area is 130 Å². The molecule has 1 aliphatic rings. The minimum atomic E-state index is -6.06. The molecule has 1 fully saturated rings. The number of alkyl halides is 9. The Morgan fingerprint density at radius 3 is 1.58 bits per heavy atom. The van der Waals surface area contributed by atoms with Gasteiger partial charge >= 0.3 is 18.5 Å². The van der Waals surface area contributed by atoms with Crippen LogP contribution in [0.15, 0.2) is 0 Å². The van der Waals surface area contributed by atoms with Gasteiger partial charge in [0.1, 0.15) is 0 Å². The third-order valence-electron chi connectivity index (χ3n) is 4.46. The summed E-state index contributed by atoms with van der Waals surface area (Å²) in [5.74, 6) is -3.86. The van der Waals surface area contributed by atoms with Gasteiger partial charge in [-0.2, -0.15) is 39.5 Å². The average Bonchev–Trinajstić information content (AvgIpc) is 2.33. The van der Waals surface area contributed by atoms with Gasteiger partial charge in [0.05, 0.1) is 11.8 Å². The second-order valence-electron chi connectivity index (χ2n) is 5.97. The summed E-state index contributed by atoms with van der Waals surface area (Å²) in [6.45, 7) is 0. The van der Waals surface area contributed by atoms with Crippen molar-refractivity contribution in [1.82, 2.24) is 0 Å². The van der Waals surface area contributed by atoms with Crippen LogP contribution in [0.3, 0.4) is 0 Å². The number of hydrogen-bond acceptors (Lipinski definition) is 2. The summed E-state index contributed by atoms with van der Waals surface area (Å²) in [6, 6.07) is 0. The normalized spacial score (nSPS) is 27.2. The van der Waals surface area contributed by atoms with Crippen molar-refractivity contribution in [3.63, 3.8) is 0 Å². The fourth-order valence-corrected chi connectivity index (χ4v) is 3.11. The number of carbonyl (C=O) groups is 1. The smallest absolute Gasteiger partial charge is 0.373 e. The van der Waals surface area contributed by atoms with Gasteiger partial charge in [-0.15, -0.1) is 0 Å². The SMILES string of the molecule is NC(=O)C1(CC(F)(F)F)CCC(C(O)(C(F)(F)F)C(F)(F)F)CC1. The van der Waals surface area contributed by atoms with Crippen LogP contribution in [0.5, 0.6) is 0 Å². The standard InChI is InChI=1S/C12H14F9NO2/c13-9(14,15)5-8(7(22)23)3-1-6(2-4-8)10(24,11(16,17)18)12(19,20)21/h6,24H,1-5H2,(H2,22,23). The number of primary amides is 1. The number of aliphatic hydroxyl groups is 1. The Balaban J connectivity index is 3.10. The largest absolute Gasteiger partial charge is 0.426 e. The number of carbonyl (C=O) groups excluding carboxylic acids is 1. The highest BCUT2D eigenvalue weighted by Gasteiger charge is 2.74. The van der Waals surface area contributed by atoms with Crippen molar-refractivity contribution < 1.29 is 49.4 Å². The lowest BCUT2D eigenvalue weighted by atomic mass is 9.64. The highest BCUT2D eigenvalue weighted by atomic mass is 19.4. The molecule has 3 nitrogen and oxygen atoms in total. The first-order valence-corrected chi connectivity index (χ1v) is 6.69. The van der Waals surface area contributed by atoms with Gasteiger partial charge in [-0.3, -0.25) is 4.79 Å². The zero-order chi connectivity index (χ0) is 19.2. The lowest BCUT2D eigenvalue weighted by Crippen LogP contribution is -2.63. The van der Waals surface area contributed by atoms with Gasteiger partial charge in [0, 0.05) is 5.92 Å². The Bertz CT molecular complexity index is 458. The summed E-state index contributed by atoms with van der Waals surface area (Å²) >= 11 is 0. The van der Waals surface area contributed by atoms with E-state index in [2.05, 4.69) is 0 Å². The van der Waals surface area contributed by atoms with E-state index in [-0.39, 0.29) is 0 Å². The van der Waals surface area contributed by atoms with Crippen LogP contribution < -0.4 is 5.73 Å². The van der Waals surface area contributed by atoms with E-state index in [1.54, 1.807) is 0 Å². The van der Waals surface area contributed by atoms with Gasteiger partial charge in [0.2, 0.25) is 5.91 Å². The van der Waals surface area contributed by atoms with Crippen LogP contribution in [0.2, 0.25) is 0 Å². The first kappa shape index (κ1) is 20.8. The quantitative estimate of drug-likeness (QED) is 0.743. The molecule has 0 spiro atoms. The van der Waals surface area contributed by atoms with E-state index < -0.39 is 73.5 Å². The maximum Gasteiger partial charge on any atom is 0.426 e. The molecule has 142 valence electrons. The van der Waals surface area contributed by atoms with E-state index in [9.17, 15) is 49.4 Å². The Morgan fingerprint density at radius 1 is 0.958 bits per heavy atom. The third kappa shape index (κ3) is 3.72. The first-order chi connectivity index (χ1) is 10.5. The van der Waals surface area contributed by atoms with Gasteiger partial charge in [-0.05, 0) is 25.7 Å². The topological polar surface area (TPSA) is 63.3 Å². The van der Waals surface area contributed by atoms with E-state index in [0.29, 0.717) is 0 Å². The van der Waals surface area contributed by atoms with Crippen LogP contribution in [-0.2, 0) is 4.79 Å². The molecule has 0 aliphatic heterocycles. The maximum absolute atomic E-state index is 12.8. The zero-order valence-corrected chi connectivity index (χ0v) is 11.9. The number of halogens is 9. The van der Waals surface area contributed by atoms with E-state index in [1.165, 1.54) is 0 Å². The highest BCUT2D eigenvalue weighted by molar-refractivity contribution is 5.81. The van der Waals surface area contributed by atoms with Crippen LogP contribution in [0, 0.1) is 11.3 Å². The average molecular weight is 375 g/mol. The summed E-state index contributed by atoms with van der Waals surface area (Å²) in [4.78, 5) is 11.3. The lowest BCUT2D eigenvalue weighted by Gasteiger charge is -2.45. The second-order valence-corrected chi connectivity index (χ2v) is 5.97. The summed E-state index contributed by atoms with van der Waals surface area (Å²) in [7, 11) is 0. The second kappa shape index (κ2) is 5.95. The molecule has 0 atom stereocenters. The monoisotopic (exact) mass is 375 g/mol. The molecule has 0 radical (unpaired) electrons. The molecule has 24 heavy (non-hydrogen) atoms. The Morgan fingerprint density at radius 2 is 1.33 bits per heavy atom. The van der Waals surface area contributed by atoms with Gasteiger partial charge in [0.25, 0.3) is 5.60 Å². The van der Waals surface area contributed by atoms with Crippen molar-refractivity contribution in [1.29, 1.82) is 0 Å². The van der Waals surface area contributed by atoms with Crippen LogP contribution in [0.4, 0.5) is 39.5 Å². The molecule has 3 N–H and O–H groups in total. The number of nitrogens with two attached hydrogens (primary N) is 1. The third-order valence-corrected chi connectivity index (χ3v) is 4.46. The van der Waals surface area contributed by atoms with Crippen molar-refractivity contribution in [3.8, 4) is 0 Å². The predicted octanol–water partition coefficient (Wildman–Crippen LogP) is 3.46. The highest BCUT2D eigenvalue weighted by Crippen LogP contribution is 2.55. The fourth-order valence-electron chi connectivity index (χ4n) is 3.11. The molecule has 0 bridgehead atoms. The summed E-state index contributed by atoms with van der Waals surface area (Å²) in [5, 5.41) is 9.26. The van der Waals surface area contributed by atoms with E-state index in [1.807, 2.05) is 0 Å². The van der Waals surface area contributed by atoms with Crippen molar-refractivity contribution in [2.24, 2.45) is 17.1 Å². The van der Waals surface area contributed by atoms with E-state index in [4.69, 9.17) is 5.73 Å². The molecular weight excluding hydrogens is 361 g/mol. The van der Waals surface area contributed by atoms with Crippen molar-refractivity contribution in [2.75, 3.05) is 0 Å². The number of rotatable bonds is 3. The molecule has 0 aromatic rings. The van der Waals surface area contributed by atoms with Gasteiger partial charge in [0.15, 0.2) is 0 Å². The number of hydrogen-bond donors (Lipinski definition) is 2. The van der Waals surface area contributed by atoms with Crippen LogP contribution >= 0.6 is 0 Å². The Hall–Kier alpha value is -1.20. The molecule has 0 heterocycles. The van der Waals surface area contributed by atoms with Gasteiger partial charge < -0.3 is 10.8 Å². The maximum atomic E-state index is 12.8. The first-order valence-electron chi connectivity index (χ1n) is 6.69. The van der Waals surface area contributed by atoms with Crippen LogP contribution in [0.1, 0.15) is 32.1 Å². The molecule has 1 saturated carbocycles. The van der Waals surface area contributed by atoms with Gasteiger partial charge in [-0.1, -0.05) is 0 Å². The molecule has 0 unspecified atom stereocenters. The molecule has 1 amide bonds. The molecular formula is C12H14F9NO2. The summed E-state index contributed by atoms with van der Waals surface area (Å²) < 4.78 is 114. The molecule has 0 aromatic heterocycles. The van der Waals surface area contributed by atoms with Crippen LogP contribution in [0.25, 0.3) is 0 Å². The molecule has 0 aromatic carbocycles. The summed E-state index contributed by atoms with van der Waals surface area (Å²) in [5.41, 5.74) is -2.43. The molecule has 0 saturated heterocycles. The predicted molar refractivity (Wildman–Crippen MR) is 61.3 cm³/mol. The van der Waals surface area contributed by atoms with Crippen LogP contribution in [-0.4, -0.2) is 35.1 Å². The van der Waals surface area contributed by atoms with E-state index >= 15 is 0 Å². The Kier molecular flexibility index (Phi) is 5.17. The number of amides is 1. The molecule has 1 rings (SSSR count). The van der Waals surface area contributed by atoms with Crippen molar-refractivity contribution in [3.05, 3.63) is 0 Å². The zero-order valence-electron chi connectivity index (χ0n) is 11.9. The van der Waals surface area contributed by atoms with Crippen molar-refractivity contribution >= 4 is 5.91 Å².